The maximum absolute atomic E-state index is 12.6. The number of aromatic nitrogens is 3. The summed E-state index contributed by atoms with van der Waals surface area (Å²) in [5.74, 6) is 0.237. The lowest BCUT2D eigenvalue weighted by Gasteiger charge is -2.34. The van der Waals surface area contributed by atoms with Gasteiger partial charge in [-0.1, -0.05) is 0 Å². The second-order valence-corrected chi connectivity index (χ2v) is 6.84. The van der Waals surface area contributed by atoms with Crippen LogP contribution in [0.25, 0.3) is 0 Å². The lowest BCUT2D eigenvalue weighted by atomic mass is 10.0. The molecule has 22 heavy (non-hydrogen) atoms. The van der Waals surface area contributed by atoms with Gasteiger partial charge < -0.3 is 4.90 Å². The van der Waals surface area contributed by atoms with Crippen molar-refractivity contribution in [3.63, 3.8) is 0 Å². The monoisotopic (exact) mass is 318 g/mol. The standard InChI is InChI=1S/C16H22N4OS/c1-12-11-22-16(18-12)14-5-3-4-8-20(14)15(21)7-6-13-9-17-19(2)10-13/h9-11,14H,3-8H2,1-2H3. The summed E-state index contributed by atoms with van der Waals surface area (Å²) in [7, 11) is 1.90. The van der Waals surface area contributed by atoms with Crippen molar-refractivity contribution in [2.24, 2.45) is 7.05 Å². The van der Waals surface area contributed by atoms with E-state index in [0.717, 1.165) is 42.1 Å². The molecule has 0 radical (unpaired) electrons. The minimum Gasteiger partial charge on any atom is -0.333 e. The van der Waals surface area contributed by atoms with Gasteiger partial charge in [0.05, 0.1) is 12.2 Å². The van der Waals surface area contributed by atoms with Crippen LogP contribution in [-0.2, 0) is 18.3 Å². The van der Waals surface area contributed by atoms with Gasteiger partial charge in [0.2, 0.25) is 5.91 Å². The van der Waals surface area contributed by atoms with Crippen LogP contribution < -0.4 is 0 Å². The number of piperidine rings is 1. The van der Waals surface area contributed by atoms with E-state index in [4.69, 9.17) is 0 Å². The Bertz CT molecular complexity index is 648. The Balaban J connectivity index is 1.66. The molecule has 3 heterocycles. The largest absolute Gasteiger partial charge is 0.333 e. The van der Waals surface area contributed by atoms with Gasteiger partial charge in [-0.05, 0) is 38.2 Å². The van der Waals surface area contributed by atoms with E-state index in [1.807, 2.05) is 31.3 Å². The fraction of sp³-hybridized carbons (Fsp3) is 0.562. The Morgan fingerprint density at radius 2 is 2.32 bits per heavy atom. The first-order chi connectivity index (χ1) is 10.6. The van der Waals surface area contributed by atoms with E-state index < -0.39 is 0 Å². The van der Waals surface area contributed by atoms with Gasteiger partial charge in [-0.3, -0.25) is 9.48 Å². The zero-order chi connectivity index (χ0) is 15.5. The van der Waals surface area contributed by atoms with Crippen molar-refractivity contribution in [2.75, 3.05) is 6.54 Å². The number of nitrogens with zero attached hydrogens (tertiary/aromatic N) is 4. The van der Waals surface area contributed by atoms with Crippen LogP contribution in [0.1, 0.15) is 48.0 Å². The molecule has 2 aromatic rings. The Kier molecular flexibility index (Phi) is 4.57. The molecule has 1 aliphatic rings. The third-order valence-electron chi connectivity index (χ3n) is 4.13. The SMILES string of the molecule is Cc1csc(C2CCCCN2C(=O)CCc2cnn(C)c2)n1. The van der Waals surface area contributed by atoms with Crippen molar-refractivity contribution in [3.8, 4) is 0 Å². The second-order valence-electron chi connectivity index (χ2n) is 5.95. The van der Waals surface area contributed by atoms with E-state index in [1.54, 1.807) is 16.0 Å². The van der Waals surface area contributed by atoms with E-state index in [9.17, 15) is 4.79 Å². The molecular weight excluding hydrogens is 296 g/mol. The molecule has 0 bridgehead atoms. The van der Waals surface area contributed by atoms with Gasteiger partial charge in [0.25, 0.3) is 0 Å². The quantitative estimate of drug-likeness (QED) is 0.871. The summed E-state index contributed by atoms with van der Waals surface area (Å²) in [6.07, 6.45) is 8.43. The minimum atomic E-state index is 0.175. The predicted octanol–water partition coefficient (Wildman–Crippen LogP) is 2.87. The maximum atomic E-state index is 12.6. The van der Waals surface area contributed by atoms with E-state index >= 15 is 0 Å². The number of hydrogen-bond donors (Lipinski definition) is 0. The molecule has 2 aromatic heterocycles. The Morgan fingerprint density at radius 3 is 3.00 bits per heavy atom. The Labute approximate surface area is 135 Å². The van der Waals surface area contributed by atoms with Crippen LogP contribution in [-0.4, -0.2) is 32.1 Å². The van der Waals surface area contributed by atoms with Crippen molar-refractivity contribution in [2.45, 2.75) is 45.1 Å². The van der Waals surface area contributed by atoms with Crippen molar-refractivity contribution in [1.29, 1.82) is 0 Å². The van der Waals surface area contributed by atoms with Gasteiger partial charge in [0.15, 0.2) is 0 Å². The van der Waals surface area contributed by atoms with Gasteiger partial charge in [0.1, 0.15) is 5.01 Å². The molecule has 0 N–H and O–H groups in total. The van der Waals surface area contributed by atoms with Gasteiger partial charge in [-0.15, -0.1) is 11.3 Å². The molecule has 1 amide bonds. The molecular formula is C16H22N4OS. The van der Waals surface area contributed by atoms with E-state index in [1.165, 1.54) is 6.42 Å². The minimum absolute atomic E-state index is 0.175. The first kappa shape index (κ1) is 15.2. The molecule has 1 fully saturated rings. The zero-order valence-corrected chi connectivity index (χ0v) is 14.0. The highest BCUT2D eigenvalue weighted by molar-refractivity contribution is 7.09. The van der Waals surface area contributed by atoms with Crippen molar-refractivity contribution < 1.29 is 4.79 Å². The number of rotatable bonds is 4. The molecule has 1 aliphatic heterocycles. The van der Waals surface area contributed by atoms with E-state index in [-0.39, 0.29) is 11.9 Å². The summed E-state index contributed by atoms with van der Waals surface area (Å²) < 4.78 is 1.78. The summed E-state index contributed by atoms with van der Waals surface area (Å²) in [5, 5.41) is 7.32. The molecule has 0 aliphatic carbocycles. The number of carbonyl (C=O) groups is 1. The summed E-state index contributed by atoms with van der Waals surface area (Å²) in [6, 6.07) is 0.175. The topological polar surface area (TPSA) is 51.0 Å². The van der Waals surface area contributed by atoms with Crippen LogP contribution in [0.3, 0.4) is 0 Å². The fourth-order valence-electron chi connectivity index (χ4n) is 3.01. The third-order valence-corrected chi connectivity index (χ3v) is 5.19. The van der Waals surface area contributed by atoms with E-state index in [2.05, 4.69) is 15.5 Å². The first-order valence-corrected chi connectivity index (χ1v) is 8.70. The van der Waals surface area contributed by atoms with Crippen molar-refractivity contribution >= 4 is 17.2 Å². The predicted molar refractivity (Wildman–Crippen MR) is 86.7 cm³/mol. The highest BCUT2D eigenvalue weighted by atomic mass is 32.1. The van der Waals surface area contributed by atoms with Crippen LogP contribution in [0.4, 0.5) is 0 Å². The van der Waals surface area contributed by atoms with Crippen LogP contribution >= 0.6 is 11.3 Å². The van der Waals surface area contributed by atoms with E-state index in [0.29, 0.717) is 6.42 Å². The lowest BCUT2D eigenvalue weighted by Crippen LogP contribution is -2.38. The molecule has 1 unspecified atom stereocenters. The van der Waals surface area contributed by atoms with Crippen LogP contribution in [0.2, 0.25) is 0 Å². The average molecular weight is 318 g/mol. The maximum Gasteiger partial charge on any atom is 0.223 e. The van der Waals surface area contributed by atoms with Crippen LogP contribution in [0.5, 0.6) is 0 Å². The van der Waals surface area contributed by atoms with Gasteiger partial charge >= 0.3 is 0 Å². The van der Waals surface area contributed by atoms with Crippen LogP contribution in [0.15, 0.2) is 17.8 Å². The van der Waals surface area contributed by atoms with Crippen LogP contribution in [0, 0.1) is 6.92 Å². The van der Waals surface area contributed by atoms with Gasteiger partial charge in [-0.25, -0.2) is 4.98 Å². The highest BCUT2D eigenvalue weighted by Gasteiger charge is 2.29. The van der Waals surface area contributed by atoms with Gasteiger partial charge in [0, 0.05) is 37.3 Å². The number of likely N-dealkylation sites (tertiary alicyclic amines) is 1. The first-order valence-electron chi connectivity index (χ1n) is 7.82. The Morgan fingerprint density at radius 1 is 1.45 bits per heavy atom. The summed E-state index contributed by atoms with van der Waals surface area (Å²) in [5.41, 5.74) is 2.17. The molecule has 5 nitrogen and oxygen atoms in total. The smallest absolute Gasteiger partial charge is 0.223 e. The number of carbonyl (C=O) groups excluding carboxylic acids is 1. The molecule has 0 saturated carbocycles. The number of aryl methyl sites for hydroxylation is 3. The fourth-order valence-corrected chi connectivity index (χ4v) is 3.95. The summed E-state index contributed by atoms with van der Waals surface area (Å²) >= 11 is 1.68. The molecule has 0 spiro atoms. The molecule has 1 atom stereocenters. The Hall–Kier alpha value is -1.69. The molecule has 118 valence electrons. The summed E-state index contributed by atoms with van der Waals surface area (Å²) in [6.45, 7) is 2.87. The number of amides is 1. The lowest BCUT2D eigenvalue weighted by molar-refractivity contribution is -0.135. The number of thiazole rings is 1. The van der Waals surface area contributed by atoms with Crippen molar-refractivity contribution in [3.05, 3.63) is 34.0 Å². The second kappa shape index (κ2) is 6.60. The molecule has 6 heteroatoms. The average Bonchev–Trinajstić information content (AvgIpc) is 3.13. The summed E-state index contributed by atoms with van der Waals surface area (Å²) in [4.78, 5) is 19.3. The third kappa shape index (κ3) is 3.38. The van der Waals surface area contributed by atoms with Crippen molar-refractivity contribution in [1.82, 2.24) is 19.7 Å². The van der Waals surface area contributed by atoms with Gasteiger partial charge in [-0.2, -0.15) is 5.10 Å². The normalized spacial score (nSPS) is 18.6. The molecule has 1 saturated heterocycles. The highest BCUT2D eigenvalue weighted by Crippen LogP contribution is 2.33. The number of hydrogen-bond acceptors (Lipinski definition) is 4. The molecule has 3 rings (SSSR count). The zero-order valence-electron chi connectivity index (χ0n) is 13.2. The molecule has 0 aromatic carbocycles.